The summed E-state index contributed by atoms with van der Waals surface area (Å²) in [7, 11) is 2.77. The molecule has 0 atom stereocenters. The van der Waals surface area contributed by atoms with Crippen molar-refractivity contribution in [3.8, 4) is 10.8 Å². The average molecular weight is 292 g/mol. The summed E-state index contributed by atoms with van der Waals surface area (Å²) < 4.78 is 10.2. The summed E-state index contributed by atoms with van der Waals surface area (Å²) in [4.78, 5) is 23.7. The van der Waals surface area contributed by atoms with Gasteiger partial charge in [0.1, 0.15) is 4.88 Å². The first-order valence-electron chi connectivity index (χ1n) is 5.68. The molecule has 104 valence electrons. The largest absolute Gasteiger partial charge is 0.491 e. The van der Waals surface area contributed by atoms with Crippen molar-refractivity contribution in [2.24, 2.45) is 0 Å². The molecule has 0 bridgehead atoms. The van der Waals surface area contributed by atoms with Crippen LogP contribution in [0.3, 0.4) is 0 Å². The molecule has 2 aromatic rings. The van der Waals surface area contributed by atoms with E-state index in [1.54, 1.807) is 30.3 Å². The Labute approximate surface area is 119 Å². The number of carbonyl (C=O) groups excluding carboxylic acids is 1. The third-order valence-corrected chi connectivity index (χ3v) is 3.80. The highest BCUT2D eigenvalue weighted by Crippen LogP contribution is 2.43. The quantitative estimate of drug-likeness (QED) is 0.858. The minimum Gasteiger partial charge on any atom is -0.491 e. The van der Waals surface area contributed by atoms with Gasteiger partial charge in [-0.2, -0.15) is 0 Å². The summed E-state index contributed by atoms with van der Waals surface area (Å²) in [5, 5.41) is 9.51. The Kier molecular flexibility index (Phi) is 4.05. The number of ketones is 1. The molecular formula is C14H12O5S. The molecule has 0 radical (unpaired) electrons. The van der Waals surface area contributed by atoms with Crippen LogP contribution in [0.1, 0.15) is 25.6 Å². The fraction of sp³-hybridized carbons (Fsp3) is 0.143. The molecular weight excluding hydrogens is 280 g/mol. The van der Waals surface area contributed by atoms with E-state index in [0.29, 0.717) is 5.56 Å². The predicted octanol–water partition coefficient (Wildman–Crippen LogP) is 2.69. The molecule has 0 spiro atoms. The molecule has 0 unspecified atom stereocenters. The standard InChI is InChI=1S/C14H12O5S/c1-18-11-9(10(15)8-6-4-3-5-7-8)12(13(16)17)20-14(11)19-2/h3-7H,1-2H3,(H,16,17). The Morgan fingerprint density at radius 3 is 2.25 bits per heavy atom. The van der Waals surface area contributed by atoms with Crippen LogP contribution in [0.15, 0.2) is 30.3 Å². The molecule has 1 aromatic heterocycles. The van der Waals surface area contributed by atoms with Crippen LogP contribution in [0.25, 0.3) is 0 Å². The highest BCUT2D eigenvalue weighted by molar-refractivity contribution is 7.16. The van der Waals surface area contributed by atoms with Crippen molar-refractivity contribution in [3.63, 3.8) is 0 Å². The van der Waals surface area contributed by atoms with Crippen LogP contribution in [0.2, 0.25) is 0 Å². The lowest BCUT2D eigenvalue weighted by molar-refractivity contribution is 0.0698. The van der Waals surface area contributed by atoms with Gasteiger partial charge in [-0.05, 0) is 0 Å². The van der Waals surface area contributed by atoms with E-state index in [9.17, 15) is 14.7 Å². The molecule has 0 aliphatic rings. The molecule has 20 heavy (non-hydrogen) atoms. The van der Waals surface area contributed by atoms with E-state index in [1.165, 1.54) is 14.2 Å². The third-order valence-electron chi connectivity index (χ3n) is 2.68. The molecule has 5 nitrogen and oxygen atoms in total. The molecule has 6 heteroatoms. The second-order valence-electron chi connectivity index (χ2n) is 3.83. The number of thiophene rings is 1. The number of hydrogen-bond donors (Lipinski definition) is 1. The van der Waals surface area contributed by atoms with Crippen LogP contribution in [0, 0.1) is 0 Å². The second-order valence-corrected chi connectivity index (χ2v) is 4.81. The number of carboxylic acid groups (broad SMARTS) is 1. The van der Waals surface area contributed by atoms with Crippen LogP contribution in [-0.4, -0.2) is 31.1 Å². The number of carbonyl (C=O) groups is 2. The van der Waals surface area contributed by atoms with E-state index in [2.05, 4.69) is 0 Å². The maximum absolute atomic E-state index is 12.5. The molecule has 1 aromatic carbocycles. The van der Waals surface area contributed by atoms with Crippen molar-refractivity contribution in [2.45, 2.75) is 0 Å². The van der Waals surface area contributed by atoms with Gasteiger partial charge in [-0.1, -0.05) is 41.7 Å². The molecule has 0 aliphatic heterocycles. The van der Waals surface area contributed by atoms with Gasteiger partial charge in [0.25, 0.3) is 0 Å². The van der Waals surface area contributed by atoms with Gasteiger partial charge in [0.2, 0.25) is 5.06 Å². The number of methoxy groups -OCH3 is 2. The van der Waals surface area contributed by atoms with Crippen molar-refractivity contribution >= 4 is 23.1 Å². The summed E-state index contributed by atoms with van der Waals surface area (Å²) in [6.45, 7) is 0. The zero-order valence-electron chi connectivity index (χ0n) is 10.9. The van der Waals surface area contributed by atoms with Gasteiger partial charge in [-0.25, -0.2) is 4.79 Å². The SMILES string of the molecule is COc1sc(C(=O)O)c(C(=O)c2ccccc2)c1OC. The maximum atomic E-state index is 12.5. The molecule has 2 rings (SSSR count). The van der Waals surface area contributed by atoms with Gasteiger partial charge in [0.05, 0.1) is 19.8 Å². The summed E-state index contributed by atoms with van der Waals surface area (Å²) in [6, 6.07) is 8.45. The Morgan fingerprint density at radius 1 is 1.10 bits per heavy atom. The van der Waals surface area contributed by atoms with E-state index in [1.807, 2.05) is 0 Å². The number of hydrogen-bond acceptors (Lipinski definition) is 5. The Bertz CT molecular complexity index is 645. The van der Waals surface area contributed by atoms with Gasteiger partial charge in [-0.15, -0.1) is 0 Å². The van der Waals surface area contributed by atoms with Gasteiger partial charge in [0, 0.05) is 5.56 Å². The first kappa shape index (κ1) is 14.1. The van der Waals surface area contributed by atoms with Crippen LogP contribution in [-0.2, 0) is 0 Å². The molecule has 0 saturated heterocycles. The Balaban J connectivity index is 2.62. The van der Waals surface area contributed by atoms with Gasteiger partial charge >= 0.3 is 5.97 Å². The van der Waals surface area contributed by atoms with Crippen molar-refractivity contribution in [1.82, 2.24) is 0 Å². The zero-order valence-corrected chi connectivity index (χ0v) is 11.7. The van der Waals surface area contributed by atoms with Crippen LogP contribution in [0.5, 0.6) is 10.8 Å². The van der Waals surface area contributed by atoms with Crippen molar-refractivity contribution in [3.05, 3.63) is 46.3 Å². The lowest BCUT2D eigenvalue weighted by atomic mass is 10.0. The molecule has 1 heterocycles. The lowest BCUT2D eigenvalue weighted by Crippen LogP contribution is -2.08. The molecule has 0 fully saturated rings. The average Bonchev–Trinajstić information content (AvgIpc) is 2.86. The first-order chi connectivity index (χ1) is 9.60. The number of carboxylic acids is 1. The fourth-order valence-corrected chi connectivity index (χ4v) is 2.73. The topological polar surface area (TPSA) is 72.8 Å². The highest BCUT2D eigenvalue weighted by atomic mass is 32.1. The van der Waals surface area contributed by atoms with Crippen molar-refractivity contribution < 1.29 is 24.2 Å². The fourth-order valence-electron chi connectivity index (χ4n) is 1.81. The minimum absolute atomic E-state index is 0.0213. The molecule has 0 saturated carbocycles. The monoisotopic (exact) mass is 292 g/mol. The number of ether oxygens (including phenoxy) is 2. The zero-order chi connectivity index (χ0) is 14.7. The number of benzene rings is 1. The summed E-state index contributed by atoms with van der Waals surface area (Å²) in [5.74, 6) is -1.43. The summed E-state index contributed by atoms with van der Waals surface area (Å²) in [5.41, 5.74) is 0.418. The smallest absolute Gasteiger partial charge is 0.346 e. The molecule has 0 amide bonds. The lowest BCUT2D eigenvalue weighted by Gasteiger charge is -2.05. The second kappa shape index (κ2) is 5.75. The highest BCUT2D eigenvalue weighted by Gasteiger charge is 2.29. The van der Waals surface area contributed by atoms with Gasteiger partial charge < -0.3 is 14.6 Å². The predicted molar refractivity (Wildman–Crippen MR) is 74.3 cm³/mol. The Morgan fingerprint density at radius 2 is 1.75 bits per heavy atom. The molecule has 0 aliphatic carbocycles. The van der Waals surface area contributed by atoms with E-state index >= 15 is 0 Å². The third kappa shape index (κ3) is 2.37. The van der Waals surface area contributed by atoms with Crippen molar-refractivity contribution in [2.75, 3.05) is 14.2 Å². The van der Waals surface area contributed by atoms with E-state index in [4.69, 9.17) is 9.47 Å². The summed E-state index contributed by atoms with van der Waals surface area (Å²) in [6.07, 6.45) is 0. The van der Waals surface area contributed by atoms with E-state index < -0.39 is 11.8 Å². The van der Waals surface area contributed by atoms with Gasteiger partial charge in [0.15, 0.2) is 11.5 Å². The summed E-state index contributed by atoms with van der Waals surface area (Å²) >= 11 is 0.874. The Hall–Kier alpha value is -2.34. The number of aromatic carboxylic acids is 1. The first-order valence-corrected chi connectivity index (χ1v) is 6.49. The minimum atomic E-state index is -1.18. The van der Waals surface area contributed by atoms with Crippen LogP contribution < -0.4 is 9.47 Å². The normalized spacial score (nSPS) is 10.1. The number of rotatable bonds is 5. The van der Waals surface area contributed by atoms with Crippen LogP contribution in [0.4, 0.5) is 0 Å². The van der Waals surface area contributed by atoms with Crippen LogP contribution >= 0.6 is 11.3 Å². The van der Waals surface area contributed by atoms with E-state index in [0.717, 1.165) is 11.3 Å². The van der Waals surface area contributed by atoms with Gasteiger partial charge in [-0.3, -0.25) is 4.79 Å². The van der Waals surface area contributed by atoms with E-state index in [-0.39, 0.29) is 21.3 Å². The van der Waals surface area contributed by atoms with Crippen molar-refractivity contribution in [1.29, 1.82) is 0 Å². The molecule has 1 N–H and O–H groups in total. The maximum Gasteiger partial charge on any atom is 0.346 e.